The van der Waals surface area contributed by atoms with Gasteiger partial charge in [0.1, 0.15) is 11.0 Å². The number of nitrogens with zero attached hydrogens (tertiary/aromatic N) is 3. The number of fused-ring (bicyclic) bond motifs is 1. The lowest BCUT2D eigenvalue weighted by Gasteiger charge is -2.07. The van der Waals surface area contributed by atoms with E-state index in [0.717, 1.165) is 0 Å². The average molecular weight is 287 g/mol. The van der Waals surface area contributed by atoms with Crippen molar-refractivity contribution in [1.82, 2.24) is 15.4 Å². The number of rotatable bonds is 4. The van der Waals surface area contributed by atoms with Crippen molar-refractivity contribution in [3.8, 4) is 0 Å². The molecule has 0 aliphatic rings. The van der Waals surface area contributed by atoms with E-state index in [2.05, 4.69) is 41.6 Å². The molecule has 1 aromatic heterocycles. The van der Waals surface area contributed by atoms with Gasteiger partial charge in [0, 0.05) is 5.69 Å². The molecule has 2 rings (SSSR count). The number of hydrogen-bond acceptors (Lipinski definition) is 6. The van der Waals surface area contributed by atoms with Gasteiger partial charge in [0.05, 0.1) is 6.57 Å². The number of hydrogen-bond donors (Lipinski definition) is 2. The number of amides is 1. The zero-order valence-corrected chi connectivity index (χ0v) is 10.6. The Balaban J connectivity index is 1.83. The first-order valence-electron chi connectivity index (χ1n) is 5.58. The van der Waals surface area contributed by atoms with E-state index in [1.54, 1.807) is 18.2 Å². The summed E-state index contributed by atoms with van der Waals surface area (Å²) in [4.78, 5) is 25.3. The molecule has 9 heteroatoms. The van der Waals surface area contributed by atoms with Gasteiger partial charge in [-0.2, -0.15) is 15.4 Å². The lowest BCUT2D eigenvalue weighted by atomic mass is 10.3. The highest BCUT2D eigenvalue weighted by atomic mass is 16.7. The quantitative estimate of drug-likeness (QED) is 0.381. The highest BCUT2D eigenvalue weighted by Gasteiger charge is 2.10. The molecule has 0 aliphatic heterocycles. The van der Waals surface area contributed by atoms with Gasteiger partial charge in [-0.25, -0.2) is 9.64 Å². The fraction of sp³-hybridized carbons (Fsp3) is 0.0833. The predicted molar refractivity (Wildman–Crippen MR) is 70.7 cm³/mol. The third-order valence-corrected chi connectivity index (χ3v) is 2.31. The van der Waals surface area contributed by atoms with Gasteiger partial charge < -0.3 is 9.47 Å². The Morgan fingerprint density at radius 3 is 2.86 bits per heavy atom. The Morgan fingerprint density at radius 1 is 1.33 bits per heavy atom. The van der Waals surface area contributed by atoms with Crippen LogP contribution >= 0.6 is 0 Å². The standard InChI is InChI=1S/C12H9N5O4/c1-7(13-2)11(18)20-6-21-12(19)14-8-3-4-9-10(5-8)16-17-15-9/h3-5H,1,6H2,(H,14,19)(H,15,16,17). The molecule has 1 amide bonds. The molecule has 0 saturated heterocycles. The molecular weight excluding hydrogens is 278 g/mol. The third kappa shape index (κ3) is 3.54. The zero-order valence-electron chi connectivity index (χ0n) is 10.6. The van der Waals surface area contributed by atoms with Crippen LogP contribution in [0.5, 0.6) is 0 Å². The molecule has 21 heavy (non-hydrogen) atoms. The molecule has 0 fully saturated rings. The molecular formula is C12H9N5O4. The highest BCUT2D eigenvalue weighted by Crippen LogP contribution is 2.14. The Hall–Kier alpha value is -3.41. The minimum atomic E-state index is -0.943. The molecule has 0 aliphatic carbocycles. The van der Waals surface area contributed by atoms with Crippen molar-refractivity contribution in [3.63, 3.8) is 0 Å². The molecule has 1 aromatic carbocycles. The molecule has 106 valence electrons. The van der Waals surface area contributed by atoms with Gasteiger partial charge in [-0.3, -0.25) is 10.1 Å². The summed E-state index contributed by atoms with van der Waals surface area (Å²) in [5, 5.41) is 12.6. The van der Waals surface area contributed by atoms with Crippen molar-refractivity contribution in [1.29, 1.82) is 0 Å². The average Bonchev–Trinajstić information content (AvgIpc) is 2.93. The Morgan fingerprint density at radius 2 is 2.10 bits per heavy atom. The number of H-pyrrole nitrogens is 1. The first-order chi connectivity index (χ1) is 10.1. The minimum absolute atomic E-state index is 0.393. The summed E-state index contributed by atoms with van der Waals surface area (Å²) in [7, 11) is 0. The number of nitrogens with one attached hydrogen (secondary N) is 2. The van der Waals surface area contributed by atoms with E-state index in [-0.39, 0.29) is 0 Å². The largest absolute Gasteiger partial charge is 0.433 e. The maximum absolute atomic E-state index is 11.5. The van der Waals surface area contributed by atoms with Gasteiger partial charge >= 0.3 is 12.1 Å². The van der Waals surface area contributed by atoms with Crippen LogP contribution in [0.15, 0.2) is 30.5 Å². The summed E-state index contributed by atoms with van der Waals surface area (Å²) >= 11 is 0. The fourth-order valence-electron chi connectivity index (χ4n) is 1.34. The van der Waals surface area contributed by atoms with Gasteiger partial charge in [-0.1, -0.05) is 6.58 Å². The monoisotopic (exact) mass is 287 g/mol. The van der Waals surface area contributed by atoms with Crippen molar-refractivity contribution in [2.24, 2.45) is 0 Å². The molecule has 2 aromatic rings. The Kier molecular flexibility index (Phi) is 4.11. The van der Waals surface area contributed by atoms with Gasteiger partial charge in [-0.15, -0.1) is 0 Å². The van der Waals surface area contributed by atoms with E-state index < -0.39 is 24.6 Å². The van der Waals surface area contributed by atoms with Crippen LogP contribution in [0.25, 0.3) is 15.9 Å². The number of benzene rings is 1. The molecule has 9 nitrogen and oxygen atoms in total. The molecule has 0 radical (unpaired) electrons. The van der Waals surface area contributed by atoms with E-state index in [1.165, 1.54) is 0 Å². The second kappa shape index (κ2) is 6.16. The van der Waals surface area contributed by atoms with E-state index in [4.69, 9.17) is 6.57 Å². The molecule has 2 N–H and O–H groups in total. The van der Waals surface area contributed by atoms with Crippen molar-refractivity contribution in [3.05, 3.63) is 41.9 Å². The SMILES string of the molecule is [C-]#[N+]C(=C)C(=O)OCOC(=O)Nc1ccc2n[nH]nc2c1. The fourth-order valence-corrected chi connectivity index (χ4v) is 1.34. The third-order valence-electron chi connectivity index (χ3n) is 2.31. The van der Waals surface area contributed by atoms with Crippen LogP contribution in [-0.4, -0.2) is 34.3 Å². The van der Waals surface area contributed by atoms with Gasteiger partial charge in [0.15, 0.2) is 0 Å². The van der Waals surface area contributed by atoms with Crippen LogP contribution in [0.2, 0.25) is 0 Å². The van der Waals surface area contributed by atoms with Crippen molar-refractivity contribution < 1.29 is 19.1 Å². The van der Waals surface area contributed by atoms with Crippen LogP contribution in [0, 0.1) is 6.57 Å². The number of esters is 1. The second-order valence-electron chi connectivity index (χ2n) is 3.69. The number of carbonyl (C=O) groups is 2. The lowest BCUT2D eigenvalue weighted by molar-refractivity contribution is -0.146. The maximum atomic E-state index is 11.5. The van der Waals surface area contributed by atoms with E-state index >= 15 is 0 Å². The van der Waals surface area contributed by atoms with E-state index in [9.17, 15) is 9.59 Å². The molecule has 0 saturated carbocycles. The lowest BCUT2D eigenvalue weighted by Crippen LogP contribution is -2.17. The molecule has 0 bridgehead atoms. The van der Waals surface area contributed by atoms with Crippen LogP contribution in [0.4, 0.5) is 10.5 Å². The minimum Gasteiger partial charge on any atom is -0.433 e. The number of ether oxygens (including phenoxy) is 2. The summed E-state index contributed by atoms with van der Waals surface area (Å²) < 4.78 is 9.12. The van der Waals surface area contributed by atoms with Crippen LogP contribution < -0.4 is 5.32 Å². The molecule has 0 spiro atoms. The Bertz CT molecular complexity index is 745. The number of anilines is 1. The van der Waals surface area contributed by atoms with Gasteiger partial charge in [0.2, 0.25) is 6.79 Å². The summed E-state index contributed by atoms with van der Waals surface area (Å²) in [5.41, 5.74) is 1.28. The van der Waals surface area contributed by atoms with Crippen LogP contribution in [0.1, 0.15) is 0 Å². The topological polar surface area (TPSA) is 111 Å². The van der Waals surface area contributed by atoms with Crippen molar-refractivity contribution in [2.75, 3.05) is 12.1 Å². The number of aromatic amines is 1. The van der Waals surface area contributed by atoms with E-state index in [1.807, 2.05) is 0 Å². The molecule has 1 heterocycles. The smallest absolute Gasteiger partial charge is 0.414 e. The normalized spacial score (nSPS) is 9.67. The highest BCUT2D eigenvalue weighted by molar-refractivity contribution is 5.90. The van der Waals surface area contributed by atoms with Crippen LogP contribution in [-0.2, 0) is 14.3 Å². The summed E-state index contributed by atoms with van der Waals surface area (Å²) in [5.74, 6) is -0.943. The Labute approximate surface area is 118 Å². The van der Waals surface area contributed by atoms with Crippen LogP contribution in [0.3, 0.4) is 0 Å². The predicted octanol–water partition coefficient (Wildman–Crippen LogP) is 1.44. The first-order valence-corrected chi connectivity index (χ1v) is 5.58. The van der Waals surface area contributed by atoms with Gasteiger partial charge in [0.25, 0.3) is 5.70 Å². The first kappa shape index (κ1) is 14.0. The zero-order chi connectivity index (χ0) is 15.2. The van der Waals surface area contributed by atoms with Gasteiger partial charge in [-0.05, 0) is 18.2 Å². The van der Waals surface area contributed by atoms with E-state index in [0.29, 0.717) is 16.7 Å². The number of aromatic nitrogens is 3. The maximum Gasteiger partial charge on any atom is 0.414 e. The summed E-state index contributed by atoms with van der Waals surface area (Å²) in [6.07, 6.45) is -0.820. The van der Waals surface area contributed by atoms with Crippen molar-refractivity contribution >= 4 is 28.8 Å². The second-order valence-corrected chi connectivity index (χ2v) is 3.69. The molecule has 0 atom stereocenters. The van der Waals surface area contributed by atoms with Crippen molar-refractivity contribution in [2.45, 2.75) is 0 Å². The summed E-state index contributed by atoms with van der Waals surface area (Å²) in [6, 6.07) is 4.86. The number of carbonyl (C=O) groups excluding carboxylic acids is 2. The summed E-state index contributed by atoms with van der Waals surface area (Å²) in [6.45, 7) is 9.09. The molecule has 0 unspecified atom stereocenters.